The largest absolute Gasteiger partial charge is 0.332 e. The summed E-state index contributed by atoms with van der Waals surface area (Å²) < 4.78 is 4.16. The molecule has 0 aliphatic carbocycles. The van der Waals surface area contributed by atoms with E-state index in [0.717, 1.165) is 10.1 Å². The van der Waals surface area contributed by atoms with Crippen LogP contribution in [0.1, 0.15) is 25.5 Å². The molecule has 0 aliphatic rings. The first-order chi connectivity index (χ1) is 11.9. The Bertz CT molecular complexity index is 1060. The highest BCUT2D eigenvalue weighted by molar-refractivity contribution is 5.80. The zero-order valence-electron chi connectivity index (χ0n) is 14.5. The van der Waals surface area contributed by atoms with Crippen molar-refractivity contribution in [2.75, 3.05) is 5.43 Å². The number of fused-ring (bicyclic) bond motifs is 1. The Morgan fingerprint density at radius 1 is 1.24 bits per heavy atom. The fourth-order valence-corrected chi connectivity index (χ4v) is 2.61. The number of anilines is 1. The SMILES string of the molecule is CC(C)n1c(N/N=C\c2cccnc2)nc2c1c(=O)n(C)c(=O)n2C. The minimum atomic E-state index is -0.420. The fourth-order valence-electron chi connectivity index (χ4n) is 2.61. The van der Waals surface area contributed by atoms with Crippen LogP contribution >= 0.6 is 0 Å². The number of nitrogens with zero attached hydrogens (tertiary/aromatic N) is 6. The molecule has 0 saturated carbocycles. The van der Waals surface area contributed by atoms with E-state index in [1.54, 1.807) is 30.2 Å². The lowest BCUT2D eigenvalue weighted by Gasteiger charge is -2.12. The number of aromatic nitrogens is 5. The van der Waals surface area contributed by atoms with Gasteiger partial charge in [-0.1, -0.05) is 6.07 Å². The minimum absolute atomic E-state index is 0.0497. The molecule has 0 aromatic carbocycles. The first-order valence-corrected chi connectivity index (χ1v) is 7.79. The second-order valence-electron chi connectivity index (χ2n) is 5.93. The molecule has 3 aromatic heterocycles. The quantitative estimate of drug-likeness (QED) is 0.560. The van der Waals surface area contributed by atoms with E-state index < -0.39 is 5.69 Å². The van der Waals surface area contributed by atoms with Crippen LogP contribution in [-0.2, 0) is 14.1 Å². The minimum Gasteiger partial charge on any atom is -0.300 e. The Morgan fingerprint density at radius 2 is 2.00 bits per heavy atom. The summed E-state index contributed by atoms with van der Waals surface area (Å²) in [5, 5.41) is 4.16. The topological polar surface area (TPSA) is 99.1 Å². The van der Waals surface area contributed by atoms with Crippen molar-refractivity contribution in [1.82, 2.24) is 23.7 Å². The Morgan fingerprint density at radius 3 is 2.64 bits per heavy atom. The Balaban J connectivity index is 2.12. The Hall–Kier alpha value is -3.23. The zero-order valence-corrected chi connectivity index (χ0v) is 14.5. The Kier molecular flexibility index (Phi) is 4.22. The van der Waals surface area contributed by atoms with Crippen molar-refractivity contribution in [3.05, 3.63) is 50.9 Å². The van der Waals surface area contributed by atoms with Gasteiger partial charge in [0.2, 0.25) is 5.95 Å². The summed E-state index contributed by atoms with van der Waals surface area (Å²) in [4.78, 5) is 33.1. The molecule has 130 valence electrons. The van der Waals surface area contributed by atoms with Gasteiger partial charge in [0.15, 0.2) is 11.2 Å². The summed E-state index contributed by atoms with van der Waals surface area (Å²) in [7, 11) is 3.04. The van der Waals surface area contributed by atoms with Crippen molar-refractivity contribution in [2.24, 2.45) is 19.2 Å². The third-order valence-corrected chi connectivity index (χ3v) is 3.87. The van der Waals surface area contributed by atoms with Crippen molar-refractivity contribution < 1.29 is 0 Å². The molecule has 9 nitrogen and oxygen atoms in total. The predicted molar refractivity (Wildman–Crippen MR) is 96.1 cm³/mol. The van der Waals surface area contributed by atoms with E-state index in [2.05, 4.69) is 20.5 Å². The standard InChI is InChI=1S/C16H19N7O2/c1-10(2)23-12-13(21(3)16(25)22(4)14(12)24)19-15(23)20-18-9-11-6-5-7-17-8-11/h5-10H,1-4H3,(H,19,20)/b18-9-. The number of hydrogen-bond donors (Lipinski definition) is 1. The van der Waals surface area contributed by atoms with E-state index in [1.165, 1.54) is 11.6 Å². The molecule has 0 radical (unpaired) electrons. The van der Waals surface area contributed by atoms with Gasteiger partial charge < -0.3 is 4.57 Å². The van der Waals surface area contributed by atoms with E-state index in [-0.39, 0.29) is 11.6 Å². The second kappa shape index (κ2) is 6.34. The number of hydrazone groups is 1. The molecule has 0 atom stereocenters. The van der Waals surface area contributed by atoms with Crippen LogP contribution in [0.5, 0.6) is 0 Å². The molecule has 0 fully saturated rings. The van der Waals surface area contributed by atoms with Crippen LogP contribution in [0.2, 0.25) is 0 Å². The highest BCUT2D eigenvalue weighted by atomic mass is 16.2. The van der Waals surface area contributed by atoms with E-state index in [0.29, 0.717) is 17.1 Å². The van der Waals surface area contributed by atoms with Gasteiger partial charge in [0.05, 0.1) is 6.21 Å². The average molecular weight is 341 g/mol. The molecule has 1 N–H and O–H groups in total. The van der Waals surface area contributed by atoms with Gasteiger partial charge in [-0.05, 0) is 19.9 Å². The average Bonchev–Trinajstić information content (AvgIpc) is 2.99. The Labute approximate surface area is 143 Å². The van der Waals surface area contributed by atoms with E-state index in [1.807, 2.05) is 26.0 Å². The molecule has 0 saturated heterocycles. The lowest BCUT2D eigenvalue weighted by molar-refractivity contribution is 0.615. The summed E-state index contributed by atoms with van der Waals surface area (Å²) in [6.45, 7) is 3.86. The van der Waals surface area contributed by atoms with Crippen molar-refractivity contribution in [1.29, 1.82) is 0 Å². The van der Waals surface area contributed by atoms with E-state index in [4.69, 9.17) is 0 Å². The fraction of sp³-hybridized carbons (Fsp3) is 0.312. The lowest BCUT2D eigenvalue weighted by atomic mass is 10.3. The molecule has 3 rings (SSSR count). The molecular weight excluding hydrogens is 322 g/mol. The van der Waals surface area contributed by atoms with Crippen LogP contribution in [0.3, 0.4) is 0 Å². The summed E-state index contributed by atoms with van der Waals surface area (Å²) in [6, 6.07) is 3.62. The number of nitrogens with one attached hydrogen (secondary N) is 1. The molecule has 3 aromatic rings. The first kappa shape index (κ1) is 16.6. The lowest BCUT2D eigenvalue weighted by Crippen LogP contribution is -2.37. The summed E-state index contributed by atoms with van der Waals surface area (Å²) in [5.74, 6) is 0.392. The smallest absolute Gasteiger partial charge is 0.300 e. The highest BCUT2D eigenvalue weighted by Crippen LogP contribution is 2.20. The van der Waals surface area contributed by atoms with Gasteiger partial charge in [0, 0.05) is 38.1 Å². The predicted octanol–water partition coefficient (Wildman–Crippen LogP) is 0.856. The van der Waals surface area contributed by atoms with Crippen molar-refractivity contribution in [3.63, 3.8) is 0 Å². The molecule has 9 heteroatoms. The normalized spacial score (nSPS) is 11.7. The maximum absolute atomic E-state index is 12.5. The third kappa shape index (κ3) is 2.84. The molecular formula is C16H19N7O2. The molecule has 0 bridgehead atoms. The molecule has 0 amide bonds. The molecule has 0 unspecified atom stereocenters. The van der Waals surface area contributed by atoms with Crippen LogP contribution in [0.25, 0.3) is 11.2 Å². The second-order valence-corrected chi connectivity index (χ2v) is 5.93. The molecule has 0 spiro atoms. The highest BCUT2D eigenvalue weighted by Gasteiger charge is 2.20. The number of hydrogen-bond acceptors (Lipinski definition) is 6. The first-order valence-electron chi connectivity index (χ1n) is 7.79. The van der Waals surface area contributed by atoms with E-state index >= 15 is 0 Å². The van der Waals surface area contributed by atoms with Gasteiger partial charge in [0.25, 0.3) is 5.56 Å². The monoisotopic (exact) mass is 341 g/mol. The van der Waals surface area contributed by atoms with Gasteiger partial charge in [0.1, 0.15) is 0 Å². The van der Waals surface area contributed by atoms with Crippen LogP contribution < -0.4 is 16.7 Å². The molecule has 3 heterocycles. The molecule has 0 aliphatic heterocycles. The maximum atomic E-state index is 12.5. The third-order valence-electron chi connectivity index (χ3n) is 3.87. The van der Waals surface area contributed by atoms with E-state index in [9.17, 15) is 9.59 Å². The maximum Gasteiger partial charge on any atom is 0.332 e. The van der Waals surface area contributed by atoms with Gasteiger partial charge >= 0.3 is 5.69 Å². The van der Waals surface area contributed by atoms with Crippen LogP contribution in [0, 0.1) is 0 Å². The number of rotatable bonds is 4. The van der Waals surface area contributed by atoms with Gasteiger partial charge in [-0.25, -0.2) is 10.2 Å². The zero-order chi connectivity index (χ0) is 18.1. The van der Waals surface area contributed by atoms with Crippen molar-refractivity contribution >= 4 is 23.3 Å². The number of imidazole rings is 1. The van der Waals surface area contributed by atoms with Crippen LogP contribution in [0.4, 0.5) is 5.95 Å². The van der Waals surface area contributed by atoms with Gasteiger partial charge in [-0.2, -0.15) is 10.1 Å². The summed E-state index contributed by atoms with van der Waals surface area (Å²) in [5.41, 5.74) is 3.55. The van der Waals surface area contributed by atoms with Crippen molar-refractivity contribution in [3.8, 4) is 0 Å². The van der Waals surface area contributed by atoms with Gasteiger partial charge in [-0.3, -0.25) is 18.9 Å². The van der Waals surface area contributed by atoms with Gasteiger partial charge in [-0.15, -0.1) is 0 Å². The van der Waals surface area contributed by atoms with Crippen LogP contribution in [0.15, 0.2) is 39.2 Å². The number of aryl methyl sites for hydroxylation is 1. The van der Waals surface area contributed by atoms with Crippen LogP contribution in [-0.4, -0.2) is 29.9 Å². The molecule has 25 heavy (non-hydrogen) atoms. The number of pyridine rings is 1. The summed E-state index contributed by atoms with van der Waals surface area (Å²) in [6.07, 6.45) is 4.96. The van der Waals surface area contributed by atoms with Crippen molar-refractivity contribution in [2.45, 2.75) is 19.9 Å². The summed E-state index contributed by atoms with van der Waals surface area (Å²) >= 11 is 0.